The summed E-state index contributed by atoms with van der Waals surface area (Å²) in [6.07, 6.45) is 16.7. The highest BCUT2D eigenvalue weighted by atomic mass is 15.2. The molecule has 2 heteroatoms. The van der Waals surface area contributed by atoms with Gasteiger partial charge in [-0.25, -0.2) is 0 Å². The lowest BCUT2D eigenvalue weighted by Gasteiger charge is -2.22. The van der Waals surface area contributed by atoms with Gasteiger partial charge in [-0.3, -0.25) is 11.3 Å². The highest BCUT2D eigenvalue weighted by Gasteiger charge is 2.23. The van der Waals surface area contributed by atoms with E-state index in [9.17, 15) is 0 Å². The second kappa shape index (κ2) is 9.90. The summed E-state index contributed by atoms with van der Waals surface area (Å²) in [6.45, 7) is 2.28. The summed E-state index contributed by atoms with van der Waals surface area (Å²) in [5.74, 6) is 6.54. The zero-order valence-electron chi connectivity index (χ0n) is 11.7. The van der Waals surface area contributed by atoms with Gasteiger partial charge in [0.1, 0.15) is 0 Å². The third-order valence-electron chi connectivity index (χ3n) is 4.30. The van der Waals surface area contributed by atoms with E-state index in [0.29, 0.717) is 6.04 Å². The van der Waals surface area contributed by atoms with E-state index in [1.165, 1.54) is 77.0 Å². The molecule has 0 spiro atoms. The molecular weight excluding hydrogens is 208 g/mol. The van der Waals surface area contributed by atoms with Crippen LogP contribution in [0.5, 0.6) is 0 Å². The van der Waals surface area contributed by atoms with Crippen molar-refractivity contribution in [1.82, 2.24) is 5.43 Å². The van der Waals surface area contributed by atoms with Crippen LogP contribution in [0.1, 0.15) is 84.0 Å². The van der Waals surface area contributed by atoms with Crippen molar-refractivity contribution >= 4 is 0 Å². The monoisotopic (exact) mass is 240 g/mol. The molecule has 0 aliphatic heterocycles. The lowest BCUT2D eigenvalue weighted by molar-refractivity contribution is 0.334. The molecule has 0 aromatic rings. The zero-order chi connectivity index (χ0) is 12.3. The number of nitrogens with two attached hydrogens (primary N) is 1. The Bertz CT molecular complexity index is 164. The first-order chi connectivity index (χ1) is 8.38. The highest BCUT2D eigenvalue weighted by Crippen LogP contribution is 2.29. The topological polar surface area (TPSA) is 38.0 Å². The molecule has 1 rings (SSSR count). The van der Waals surface area contributed by atoms with E-state index in [1.807, 2.05) is 0 Å². The van der Waals surface area contributed by atoms with Gasteiger partial charge in [-0.05, 0) is 25.2 Å². The average molecular weight is 240 g/mol. The molecule has 1 fully saturated rings. The largest absolute Gasteiger partial charge is 0.271 e. The normalized spacial score (nSPS) is 18.7. The van der Waals surface area contributed by atoms with Gasteiger partial charge in [-0.2, -0.15) is 0 Å². The molecule has 0 bridgehead atoms. The summed E-state index contributed by atoms with van der Waals surface area (Å²) in [7, 11) is 0. The number of hydrogen-bond acceptors (Lipinski definition) is 2. The maximum Gasteiger partial charge on any atom is 0.0238 e. The van der Waals surface area contributed by atoms with Crippen molar-refractivity contribution < 1.29 is 0 Å². The van der Waals surface area contributed by atoms with E-state index in [-0.39, 0.29) is 0 Å². The first-order valence-electron chi connectivity index (χ1n) is 7.84. The van der Waals surface area contributed by atoms with Crippen LogP contribution in [0.25, 0.3) is 0 Å². The molecule has 1 aliphatic carbocycles. The maximum atomic E-state index is 5.68. The average Bonchev–Trinajstić information content (AvgIpc) is 2.86. The summed E-state index contributed by atoms with van der Waals surface area (Å²) in [6, 6.07) is 0.591. The van der Waals surface area contributed by atoms with Crippen LogP contribution in [0.15, 0.2) is 0 Å². The van der Waals surface area contributed by atoms with Crippen LogP contribution in [0, 0.1) is 5.92 Å². The van der Waals surface area contributed by atoms with Crippen LogP contribution < -0.4 is 11.3 Å². The Hall–Kier alpha value is -0.0800. The minimum Gasteiger partial charge on any atom is -0.271 e. The Morgan fingerprint density at radius 2 is 1.59 bits per heavy atom. The molecule has 0 aromatic heterocycles. The van der Waals surface area contributed by atoms with Crippen molar-refractivity contribution in [3.8, 4) is 0 Å². The van der Waals surface area contributed by atoms with Gasteiger partial charge < -0.3 is 0 Å². The van der Waals surface area contributed by atoms with E-state index in [1.54, 1.807) is 0 Å². The Kier molecular flexibility index (Phi) is 8.72. The minimum absolute atomic E-state index is 0.591. The number of hydrogen-bond donors (Lipinski definition) is 2. The summed E-state index contributed by atoms with van der Waals surface area (Å²) in [5.41, 5.74) is 3.06. The molecule has 1 atom stereocenters. The Balaban J connectivity index is 1.96. The second-order valence-electron chi connectivity index (χ2n) is 5.73. The van der Waals surface area contributed by atoms with E-state index in [4.69, 9.17) is 5.84 Å². The fraction of sp³-hybridized carbons (Fsp3) is 1.00. The van der Waals surface area contributed by atoms with E-state index in [2.05, 4.69) is 12.3 Å². The Morgan fingerprint density at radius 3 is 2.18 bits per heavy atom. The number of rotatable bonds is 10. The van der Waals surface area contributed by atoms with Gasteiger partial charge in [-0.1, -0.05) is 64.7 Å². The van der Waals surface area contributed by atoms with Gasteiger partial charge in [0.2, 0.25) is 0 Å². The molecule has 1 saturated carbocycles. The van der Waals surface area contributed by atoms with Gasteiger partial charge in [-0.15, -0.1) is 0 Å². The first kappa shape index (κ1) is 15.0. The standard InChI is InChI=1S/C15H32N2/c1-2-3-4-5-6-7-8-13-15(17-16)14-11-9-10-12-14/h14-15,17H,2-13,16H2,1H3. The van der Waals surface area contributed by atoms with Crippen molar-refractivity contribution in [2.45, 2.75) is 90.0 Å². The zero-order valence-corrected chi connectivity index (χ0v) is 11.7. The fourth-order valence-corrected chi connectivity index (χ4v) is 3.14. The predicted octanol–water partition coefficient (Wildman–Crippen LogP) is 4.15. The molecule has 3 N–H and O–H groups in total. The van der Waals surface area contributed by atoms with Crippen molar-refractivity contribution in [3.63, 3.8) is 0 Å². The molecule has 2 nitrogen and oxygen atoms in total. The molecular formula is C15H32N2. The van der Waals surface area contributed by atoms with Gasteiger partial charge in [0.25, 0.3) is 0 Å². The van der Waals surface area contributed by atoms with Gasteiger partial charge in [0.15, 0.2) is 0 Å². The molecule has 0 heterocycles. The van der Waals surface area contributed by atoms with Gasteiger partial charge in [0, 0.05) is 6.04 Å². The quantitative estimate of drug-likeness (QED) is 0.342. The number of nitrogens with one attached hydrogen (secondary N) is 1. The van der Waals surface area contributed by atoms with Crippen LogP contribution >= 0.6 is 0 Å². The molecule has 102 valence electrons. The molecule has 17 heavy (non-hydrogen) atoms. The SMILES string of the molecule is CCCCCCCCCC(NN)C1CCCC1. The van der Waals surface area contributed by atoms with Gasteiger partial charge in [0.05, 0.1) is 0 Å². The Morgan fingerprint density at radius 1 is 1.00 bits per heavy atom. The predicted molar refractivity (Wildman–Crippen MR) is 75.7 cm³/mol. The molecule has 0 amide bonds. The van der Waals surface area contributed by atoms with Crippen LogP contribution in [0.3, 0.4) is 0 Å². The summed E-state index contributed by atoms with van der Waals surface area (Å²) in [4.78, 5) is 0. The summed E-state index contributed by atoms with van der Waals surface area (Å²) >= 11 is 0. The molecule has 0 radical (unpaired) electrons. The number of hydrazine groups is 1. The highest BCUT2D eigenvalue weighted by molar-refractivity contribution is 4.78. The minimum atomic E-state index is 0.591. The van der Waals surface area contributed by atoms with E-state index < -0.39 is 0 Å². The number of unbranched alkanes of at least 4 members (excludes halogenated alkanes) is 6. The van der Waals surface area contributed by atoms with Crippen molar-refractivity contribution in [2.24, 2.45) is 11.8 Å². The first-order valence-corrected chi connectivity index (χ1v) is 7.84. The van der Waals surface area contributed by atoms with Crippen LogP contribution in [-0.4, -0.2) is 6.04 Å². The maximum absolute atomic E-state index is 5.68. The molecule has 0 saturated heterocycles. The van der Waals surface area contributed by atoms with Crippen molar-refractivity contribution in [2.75, 3.05) is 0 Å². The third-order valence-corrected chi connectivity index (χ3v) is 4.30. The Labute approximate surface area is 108 Å². The summed E-state index contributed by atoms with van der Waals surface area (Å²) in [5, 5.41) is 0. The second-order valence-corrected chi connectivity index (χ2v) is 5.73. The molecule has 0 aromatic carbocycles. The van der Waals surface area contributed by atoms with Crippen molar-refractivity contribution in [1.29, 1.82) is 0 Å². The fourth-order valence-electron chi connectivity index (χ4n) is 3.14. The third kappa shape index (κ3) is 6.42. The molecule has 1 aliphatic rings. The van der Waals surface area contributed by atoms with Crippen LogP contribution in [0.2, 0.25) is 0 Å². The summed E-state index contributed by atoms with van der Waals surface area (Å²) < 4.78 is 0. The lowest BCUT2D eigenvalue weighted by atomic mass is 9.93. The lowest BCUT2D eigenvalue weighted by Crippen LogP contribution is -2.39. The van der Waals surface area contributed by atoms with Crippen LogP contribution in [0.4, 0.5) is 0 Å². The van der Waals surface area contributed by atoms with Gasteiger partial charge >= 0.3 is 0 Å². The van der Waals surface area contributed by atoms with E-state index in [0.717, 1.165) is 5.92 Å². The smallest absolute Gasteiger partial charge is 0.0238 e. The van der Waals surface area contributed by atoms with Crippen molar-refractivity contribution in [3.05, 3.63) is 0 Å². The molecule has 1 unspecified atom stereocenters. The van der Waals surface area contributed by atoms with E-state index >= 15 is 0 Å². The van der Waals surface area contributed by atoms with Crippen LogP contribution in [-0.2, 0) is 0 Å².